The van der Waals surface area contributed by atoms with Crippen LogP contribution in [-0.2, 0) is 35.2 Å². The van der Waals surface area contributed by atoms with Crippen LogP contribution in [0.3, 0.4) is 0 Å². The Morgan fingerprint density at radius 1 is 0.678 bits per heavy atom. The van der Waals surface area contributed by atoms with Crippen molar-refractivity contribution >= 4 is 47.0 Å². The van der Waals surface area contributed by atoms with Gasteiger partial charge in [0.15, 0.2) is 11.5 Å². The van der Waals surface area contributed by atoms with Gasteiger partial charge in [0, 0.05) is 88.3 Å². The summed E-state index contributed by atoms with van der Waals surface area (Å²) in [5.41, 5.74) is 11.1. The van der Waals surface area contributed by atoms with Crippen molar-refractivity contribution in [3.8, 4) is 33.8 Å². The maximum absolute atomic E-state index is 14.7. The number of phenolic OH excluding ortho intramolecular Hbond substituents is 1. The van der Waals surface area contributed by atoms with Crippen LogP contribution in [0.25, 0.3) is 22.3 Å². The van der Waals surface area contributed by atoms with Crippen molar-refractivity contribution in [2.24, 2.45) is 11.7 Å². The first-order chi connectivity index (χ1) is 43.1. The Morgan fingerprint density at radius 3 is 1.88 bits per heavy atom. The van der Waals surface area contributed by atoms with Gasteiger partial charge in [-0.2, -0.15) is 0 Å². The molecule has 14 N–H and O–H groups in total. The second kappa shape index (κ2) is 29.9. The number of ether oxygens (including phenoxy) is 1. The number of rotatable bonds is 14. The molecule has 5 aliphatic rings. The fourth-order valence-electron chi connectivity index (χ4n) is 13.0. The second-order valence-electron chi connectivity index (χ2n) is 24.6. The molecule has 4 aliphatic heterocycles. The molecular formula is C65H86N10O15. The van der Waals surface area contributed by atoms with Crippen LogP contribution in [-0.4, -0.2) is 230 Å². The number of benzene rings is 4. The average Bonchev–Trinajstić information content (AvgIpc) is 1.67. The van der Waals surface area contributed by atoms with Gasteiger partial charge in [-0.25, -0.2) is 0 Å². The molecule has 4 saturated heterocycles. The number of β-amino-alcohol motifs (C(OH)–C–C–N with tert-alkyl or cyclic N) is 1. The summed E-state index contributed by atoms with van der Waals surface area (Å²) in [5.74, 6) is -8.40. The van der Waals surface area contributed by atoms with Crippen molar-refractivity contribution in [3.05, 3.63) is 102 Å². The van der Waals surface area contributed by atoms with E-state index in [1.54, 1.807) is 31.2 Å². The minimum Gasteiger partial charge on any atom is -0.504 e. The summed E-state index contributed by atoms with van der Waals surface area (Å²) >= 11 is 0. The molecule has 90 heavy (non-hydrogen) atoms. The maximum Gasteiger partial charge on any atom is 0.251 e. The molecule has 0 bridgehead atoms. The number of phenols is 1. The molecule has 4 heterocycles. The van der Waals surface area contributed by atoms with E-state index in [-0.39, 0.29) is 42.1 Å². The highest BCUT2D eigenvalue weighted by Gasteiger charge is 2.50. The van der Waals surface area contributed by atoms with Crippen molar-refractivity contribution in [3.63, 3.8) is 0 Å². The molecule has 0 spiro atoms. The minimum atomic E-state index is -2.01. The van der Waals surface area contributed by atoms with Gasteiger partial charge in [-0.1, -0.05) is 80.8 Å². The van der Waals surface area contributed by atoms with Crippen LogP contribution < -0.4 is 42.0 Å². The Labute approximate surface area is 522 Å². The van der Waals surface area contributed by atoms with Gasteiger partial charge < -0.3 is 87.5 Å². The van der Waals surface area contributed by atoms with Crippen LogP contribution in [0.15, 0.2) is 91.0 Å². The molecule has 486 valence electrons. The zero-order valence-corrected chi connectivity index (χ0v) is 51.0. The highest BCUT2D eigenvalue weighted by atomic mass is 16.5. The number of carbonyl (C=O) groups excluding carboxylic acids is 7. The summed E-state index contributed by atoms with van der Waals surface area (Å²) in [5, 5.41) is 91.1. The van der Waals surface area contributed by atoms with Gasteiger partial charge in [0.1, 0.15) is 36.3 Å². The number of anilines is 1. The Hall–Kier alpha value is -7.75. The van der Waals surface area contributed by atoms with Gasteiger partial charge in [-0.05, 0) is 96.9 Å². The number of aliphatic hydroxyl groups excluding tert-OH is 6. The van der Waals surface area contributed by atoms with E-state index in [4.69, 9.17) is 10.5 Å². The van der Waals surface area contributed by atoms with E-state index in [9.17, 15) is 69.3 Å². The van der Waals surface area contributed by atoms with Crippen molar-refractivity contribution in [2.75, 3.05) is 64.4 Å². The molecule has 1 unspecified atom stereocenters. The molecule has 25 heteroatoms. The molecule has 5 fully saturated rings. The number of nitrogens with one attached hydrogen (secondary N) is 5. The van der Waals surface area contributed by atoms with E-state index in [0.717, 1.165) is 58.2 Å². The molecule has 0 aromatic heterocycles. The van der Waals surface area contributed by atoms with Crippen LogP contribution in [0.4, 0.5) is 5.69 Å². The van der Waals surface area contributed by atoms with E-state index < -0.39 is 152 Å². The summed E-state index contributed by atoms with van der Waals surface area (Å²) in [6, 6.07) is 17.1. The molecule has 9 rings (SSSR count). The second-order valence-corrected chi connectivity index (χ2v) is 24.6. The first-order valence-electron chi connectivity index (χ1n) is 31.2. The van der Waals surface area contributed by atoms with Crippen molar-refractivity contribution in [2.45, 2.75) is 151 Å². The number of nitrogens with two attached hydrogens (primary N) is 1. The largest absolute Gasteiger partial charge is 0.504 e. The van der Waals surface area contributed by atoms with E-state index in [1.807, 2.05) is 24.3 Å². The SMILES string of the molecule is COc1cc(C[C@@H](O)[C@@H]2NC(=O)[C@@H]3C[C@@H](O)CN3C(=O)[C@H]([C@@H](C)O)NC(=O)C(NC(=O)c3ccc(-c4ccc(-c5ccc(N6CCN(C7CCCCC7)CC6)cc5)cc4)cc3)C[C@@H](O)CNC(=O)[C@@H]3[C@@H](O)[C@@H](C)CN3C(=O)[C@H]([C@H](O)CCN)NC2=O)ccc1O. The highest BCUT2D eigenvalue weighted by Crippen LogP contribution is 2.32. The number of piperazine rings is 1. The number of aromatic hydroxyl groups is 1. The van der Waals surface area contributed by atoms with Gasteiger partial charge >= 0.3 is 0 Å². The fraction of sp³-hybridized carbons (Fsp3) is 0.523. The molecule has 25 nitrogen and oxygen atoms in total. The average molecular weight is 1250 g/mol. The number of amides is 7. The Morgan fingerprint density at radius 2 is 1.27 bits per heavy atom. The quantitative estimate of drug-likeness (QED) is 0.0756. The van der Waals surface area contributed by atoms with Gasteiger partial charge in [0.05, 0.1) is 43.7 Å². The fourth-order valence-corrected chi connectivity index (χ4v) is 13.0. The van der Waals surface area contributed by atoms with Crippen molar-refractivity contribution in [1.29, 1.82) is 0 Å². The molecule has 0 radical (unpaired) electrons. The lowest BCUT2D eigenvalue weighted by Gasteiger charge is -2.41. The maximum atomic E-state index is 14.7. The highest BCUT2D eigenvalue weighted by molar-refractivity contribution is 6.00. The lowest BCUT2D eigenvalue weighted by molar-refractivity contribution is -0.147. The monoisotopic (exact) mass is 1250 g/mol. The van der Waals surface area contributed by atoms with Crippen LogP contribution in [0, 0.1) is 5.92 Å². The third-order valence-electron chi connectivity index (χ3n) is 18.2. The summed E-state index contributed by atoms with van der Waals surface area (Å²) in [7, 11) is 1.28. The first kappa shape index (κ1) is 66.7. The molecule has 7 amide bonds. The third-order valence-corrected chi connectivity index (χ3v) is 18.2. The lowest BCUT2D eigenvalue weighted by atomic mass is 9.94. The molecule has 1 saturated carbocycles. The van der Waals surface area contributed by atoms with E-state index in [0.29, 0.717) is 6.04 Å². The van der Waals surface area contributed by atoms with E-state index in [2.05, 4.69) is 60.6 Å². The van der Waals surface area contributed by atoms with Crippen molar-refractivity contribution < 1.29 is 74.0 Å². The number of fused-ring (bicyclic) bond motifs is 2. The molecule has 13 atom stereocenters. The van der Waals surface area contributed by atoms with Gasteiger partial charge in [0.25, 0.3) is 5.91 Å². The smallest absolute Gasteiger partial charge is 0.251 e. The predicted octanol–water partition coefficient (Wildman–Crippen LogP) is -0.513. The number of hydrogen-bond donors (Lipinski definition) is 13. The summed E-state index contributed by atoms with van der Waals surface area (Å²) in [6.07, 6.45) is -5.02. The molecule has 1 aliphatic carbocycles. The Kier molecular flexibility index (Phi) is 22.2. The summed E-state index contributed by atoms with van der Waals surface area (Å²) in [4.78, 5) is 108. The number of methoxy groups -OCH3 is 1. The van der Waals surface area contributed by atoms with Gasteiger partial charge in [0.2, 0.25) is 35.4 Å². The number of aliphatic hydroxyl groups is 6. The summed E-state index contributed by atoms with van der Waals surface area (Å²) in [6.45, 7) is 5.25. The lowest BCUT2D eigenvalue weighted by Crippen LogP contribution is -2.64. The molecule has 4 aromatic carbocycles. The van der Waals surface area contributed by atoms with Crippen molar-refractivity contribution in [1.82, 2.24) is 41.3 Å². The molecule has 4 aromatic rings. The predicted molar refractivity (Wildman–Crippen MR) is 331 cm³/mol. The number of hydrogen-bond acceptors (Lipinski definition) is 18. The number of nitrogens with zero attached hydrogens (tertiary/aromatic N) is 4. The minimum absolute atomic E-state index is 0.00172. The van der Waals surface area contributed by atoms with Crippen LogP contribution >= 0.6 is 0 Å². The topological polar surface area (TPSA) is 369 Å². The van der Waals surface area contributed by atoms with Gasteiger partial charge in [-0.15, -0.1) is 0 Å². The van der Waals surface area contributed by atoms with Gasteiger partial charge in [-0.3, -0.25) is 38.5 Å². The van der Waals surface area contributed by atoms with Crippen LogP contribution in [0.1, 0.15) is 81.1 Å². The van der Waals surface area contributed by atoms with E-state index in [1.165, 1.54) is 70.0 Å². The number of carbonyl (C=O) groups is 7. The standard InChI is InChI=1S/C65H86N10O15/c1-36-34-75-57(58(36)82)63(87)67-33-46(77)31-48(68-59(83)43-16-14-41(15-17-43)39-10-12-40(13-11-39)42-18-20-45(21-19-42)73-27-25-72(26-28-73)44-7-5-4-6-8-44)60(84)69-54(37(2)76)64(88)74-35-47(78)32-49(74)61(85)70-55(62(86)71-56(65(75)89)51(80)23-24-66)52(81)29-38-9-22-50(79)53(30-38)90-3/h9-22,30,36-37,44,46-49,51-52,54-58,76-82H,4-8,23-29,31-35,66H2,1-3H3,(H,67,87)(H,68,83)(H,69,84)(H,70,85)(H,71,86)/t36-,37+,46+,47+,48?,49-,51+,52+,54-,55-,56-,57-,58-/m0/s1. The normalized spacial score (nSPS) is 27.5. The Bertz CT molecular complexity index is 3160. The zero-order chi connectivity index (χ0) is 64.5. The van der Waals surface area contributed by atoms with E-state index >= 15 is 0 Å². The molecular weight excluding hydrogens is 1160 g/mol. The first-order valence-corrected chi connectivity index (χ1v) is 31.2. The Balaban J connectivity index is 0.946. The third kappa shape index (κ3) is 15.7. The zero-order valence-electron chi connectivity index (χ0n) is 51.0. The summed E-state index contributed by atoms with van der Waals surface area (Å²) < 4.78 is 5.21. The van der Waals surface area contributed by atoms with Crippen LogP contribution in [0.2, 0.25) is 0 Å². The van der Waals surface area contributed by atoms with Crippen LogP contribution in [0.5, 0.6) is 11.5 Å².